The van der Waals surface area contributed by atoms with Gasteiger partial charge in [0.25, 0.3) is 5.56 Å². The number of hydrogen-bond donors (Lipinski definition) is 2. The van der Waals surface area contributed by atoms with Crippen LogP contribution in [0.25, 0.3) is 0 Å². The minimum Gasteiger partial charge on any atom is -0.497 e. The Morgan fingerprint density at radius 2 is 1.85 bits per heavy atom. The number of aryl methyl sites for hydroxylation is 1. The van der Waals surface area contributed by atoms with Crippen molar-refractivity contribution in [3.05, 3.63) is 115 Å². The third-order valence-electron chi connectivity index (χ3n) is 6.13. The summed E-state index contributed by atoms with van der Waals surface area (Å²) in [6.07, 6.45) is 0. The van der Waals surface area contributed by atoms with Gasteiger partial charge in [-0.25, -0.2) is 9.78 Å². The quantitative estimate of drug-likeness (QED) is 0.243. The molecule has 204 valence electrons. The van der Waals surface area contributed by atoms with E-state index in [9.17, 15) is 24.0 Å². The third kappa shape index (κ3) is 6.07. The number of aromatic nitrogens is 3. The normalized spacial score (nSPS) is 10.6. The molecule has 0 fully saturated rings. The molecule has 0 unspecified atom stereocenters. The van der Waals surface area contributed by atoms with Crippen molar-refractivity contribution in [3.63, 3.8) is 0 Å². The molecular formula is C29H27FN6O4. The number of halogens is 1. The second kappa shape index (κ2) is 11.7. The highest BCUT2D eigenvalue weighted by atomic mass is 19.1. The molecule has 0 amide bonds. The molecular weight excluding hydrogens is 515 g/mol. The minimum atomic E-state index is -0.836. The van der Waals surface area contributed by atoms with Crippen molar-refractivity contribution in [3.8, 4) is 11.8 Å². The molecule has 11 heteroatoms. The number of methoxy groups -OCH3 is 1. The zero-order valence-corrected chi connectivity index (χ0v) is 22.4. The first-order chi connectivity index (χ1) is 19.1. The predicted molar refractivity (Wildman–Crippen MR) is 149 cm³/mol. The second-order valence-corrected chi connectivity index (χ2v) is 9.35. The molecule has 0 saturated heterocycles. The fourth-order valence-corrected chi connectivity index (χ4v) is 4.32. The van der Waals surface area contributed by atoms with Crippen LogP contribution in [0.4, 0.5) is 15.9 Å². The molecule has 2 heterocycles. The van der Waals surface area contributed by atoms with Crippen LogP contribution < -0.4 is 26.2 Å². The van der Waals surface area contributed by atoms with E-state index < -0.39 is 23.0 Å². The van der Waals surface area contributed by atoms with Gasteiger partial charge < -0.3 is 15.0 Å². The maximum Gasteiger partial charge on any atom is 0.329 e. The number of ether oxygens (including phenoxy) is 1. The van der Waals surface area contributed by atoms with Gasteiger partial charge in [0.2, 0.25) is 11.7 Å². The number of pyridine rings is 1. The summed E-state index contributed by atoms with van der Waals surface area (Å²) in [5.74, 6) is -0.482. The van der Waals surface area contributed by atoms with Crippen LogP contribution in [0.15, 0.2) is 64.2 Å². The van der Waals surface area contributed by atoms with Crippen LogP contribution in [-0.4, -0.2) is 41.5 Å². The Hall–Kier alpha value is -5.24. The van der Waals surface area contributed by atoms with Crippen LogP contribution in [0.1, 0.15) is 38.3 Å². The molecule has 4 aromatic rings. The smallest absolute Gasteiger partial charge is 0.329 e. The molecule has 2 aromatic heterocycles. The average molecular weight is 543 g/mol. The monoisotopic (exact) mass is 542 g/mol. The van der Waals surface area contributed by atoms with Crippen LogP contribution >= 0.6 is 0 Å². The summed E-state index contributed by atoms with van der Waals surface area (Å²) < 4.78 is 20.8. The van der Waals surface area contributed by atoms with Crippen LogP contribution in [0.3, 0.4) is 0 Å². The van der Waals surface area contributed by atoms with Crippen molar-refractivity contribution in [2.45, 2.75) is 20.0 Å². The second-order valence-electron chi connectivity index (χ2n) is 9.35. The fourth-order valence-electron chi connectivity index (χ4n) is 4.32. The highest BCUT2D eigenvalue weighted by molar-refractivity contribution is 6.11. The molecule has 0 radical (unpaired) electrons. The van der Waals surface area contributed by atoms with Crippen LogP contribution in [0.5, 0.6) is 5.75 Å². The molecule has 10 nitrogen and oxygen atoms in total. The van der Waals surface area contributed by atoms with Crippen LogP contribution in [0.2, 0.25) is 0 Å². The zero-order chi connectivity index (χ0) is 29.0. The van der Waals surface area contributed by atoms with Crippen molar-refractivity contribution in [1.82, 2.24) is 14.5 Å². The van der Waals surface area contributed by atoms with Gasteiger partial charge in [-0.15, -0.1) is 0 Å². The highest BCUT2D eigenvalue weighted by Gasteiger charge is 2.25. The number of benzene rings is 2. The maximum atomic E-state index is 14.6. The number of aromatic amines is 1. The first-order valence-corrected chi connectivity index (χ1v) is 12.2. The number of hydrogen-bond acceptors (Lipinski definition) is 8. The number of nitrogens with one attached hydrogen (secondary N) is 2. The third-order valence-corrected chi connectivity index (χ3v) is 6.13. The molecule has 2 N–H and O–H groups in total. The Labute approximate surface area is 229 Å². The Morgan fingerprint density at radius 3 is 2.50 bits per heavy atom. The Bertz CT molecular complexity index is 1740. The van der Waals surface area contributed by atoms with E-state index >= 15 is 0 Å². The van der Waals surface area contributed by atoms with E-state index in [4.69, 9.17) is 4.74 Å². The Kier molecular flexibility index (Phi) is 8.09. The summed E-state index contributed by atoms with van der Waals surface area (Å²) in [6.45, 7) is 1.85. The number of nitrogens with zero attached hydrogens (tertiary/aromatic N) is 4. The van der Waals surface area contributed by atoms with E-state index in [-0.39, 0.29) is 34.9 Å². The number of anilines is 2. The lowest BCUT2D eigenvalue weighted by Gasteiger charge is -2.20. The van der Waals surface area contributed by atoms with Gasteiger partial charge in [-0.05, 0) is 66.1 Å². The van der Waals surface area contributed by atoms with Crippen molar-refractivity contribution in [2.75, 3.05) is 31.4 Å². The zero-order valence-electron chi connectivity index (χ0n) is 22.4. The van der Waals surface area contributed by atoms with Crippen LogP contribution in [-0.2, 0) is 13.1 Å². The minimum absolute atomic E-state index is 0.0444. The molecule has 0 aliphatic carbocycles. The number of nitriles is 1. The number of rotatable bonds is 9. The largest absolute Gasteiger partial charge is 0.497 e. The molecule has 0 aliphatic rings. The standard InChI is InChI=1S/C29H27FN6O4/c1-17-9-19(14-31)11-21(10-17)27(37)25-26(35(2)3)28(38)34-29(39)36(25)16-20-12-23(30)33-24(13-20)32-15-18-5-7-22(40-4)8-6-18/h5-13H,15-16H2,1-4H3,(H,32,33)(H,34,38,39). The molecule has 4 rings (SSSR count). The lowest BCUT2D eigenvalue weighted by Crippen LogP contribution is -2.38. The molecule has 0 saturated carbocycles. The van der Waals surface area contributed by atoms with Crippen molar-refractivity contribution >= 4 is 17.3 Å². The first kappa shape index (κ1) is 27.8. The summed E-state index contributed by atoms with van der Waals surface area (Å²) in [4.78, 5) is 47.2. The van der Waals surface area contributed by atoms with E-state index in [0.29, 0.717) is 23.4 Å². The van der Waals surface area contributed by atoms with E-state index in [1.54, 1.807) is 58.5 Å². The van der Waals surface area contributed by atoms with Gasteiger partial charge in [0.1, 0.15) is 22.9 Å². The molecule has 0 atom stereocenters. The van der Waals surface area contributed by atoms with E-state index in [2.05, 4.69) is 15.3 Å². The summed E-state index contributed by atoms with van der Waals surface area (Å²) in [5.41, 5.74) is 0.496. The molecule has 0 spiro atoms. The number of carbonyl (C=O) groups is 1. The lowest BCUT2D eigenvalue weighted by molar-refractivity contribution is 0.102. The van der Waals surface area contributed by atoms with Crippen LogP contribution in [0, 0.1) is 24.2 Å². The van der Waals surface area contributed by atoms with Gasteiger partial charge in [0, 0.05) is 26.2 Å². The van der Waals surface area contributed by atoms with Gasteiger partial charge in [-0.2, -0.15) is 9.65 Å². The predicted octanol–water partition coefficient (Wildman–Crippen LogP) is 3.22. The maximum absolute atomic E-state index is 14.6. The number of carbonyl (C=O) groups excluding carboxylic acids is 1. The molecule has 0 bridgehead atoms. The molecule has 40 heavy (non-hydrogen) atoms. The number of H-pyrrole nitrogens is 1. The van der Waals surface area contributed by atoms with Gasteiger partial charge in [0.05, 0.1) is 25.3 Å². The van der Waals surface area contributed by atoms with Crippen molar-refractivity contribution in [1.29, 1.82) is 5.26 Å². The average Bonchev–Trinajstić information content (AvgIpc) is 2.92. The van der Waals surface area contributed by atoms with Gasteiger partial charge >= 0.3 is 5.69 Å². The SMILES string of the molecule is COc1ccc(CNc2cc(Cn3c(C(=O)c4cc(C)cc(C#N)c4)c(N(C)C)c(=O)[nH]c3=O)cc(F)n2)cc1. The lowest BCUT2D eigenvalue weighted by atomic mass is 10.0. The molecule has 2 aromatic carbocycles. The summed E-state index contributed by atoms with van der Waals surface area (Å²) in [5, 5.41) is 12.4. The van der Waals surface area contributed by atoms with Gasteiger partial charge in [-0.1, -0.05) is 12.1 Å². The van der Waals surface area contributed by atoms with Crippen molar-refractivity contribution in [2.24, 2.45) is 0 Å². The van der Waals surface area contributed by atoms with Gasteiger partial charge in [-0.3, -0.25) is 19.1 Å². The topological polar surface area (TPSA) is 133 Å². The Morgan fingerprint density at radius 1 is 1.12 bits per heavy atom. The van der Waals surface area contributed by atoms with Gasteiger partial charge in [0.15, 0.2) is 0 Å². The number of ketones is 1. The van der Waals surface area contributed by atoms with E-state index in [0.717, 1.165) is 16.2 Å². The first-order valence-electron chi connectivity index (χ1n) is 12.2. The molecule has 0 aliphatic heterocycles. The summed E-state index contributed by atoms with van der Waals surface area (Å²) in [7, 11) is 4.71. The highest BCUT2D eigenvalue weighted by Crippen LogP contribution is 2.21. The fraction of sp³-hybridized carbons (Fsp3) is 0.207. The summed E-state index contributed by atoms with van der Waals surface area (Å²) >= 11 is 0. The van der Waals surface area contributed by atoms with Crippen molar-refractivity contribution < 1.29 is 13.9 Å². The van der Waals surface area contributed by atoms with E-state index in [1.165, 1.54) is 11.0 Å². The van der Waals surface area contributed by atoms with E-state index in [1.807, 2.05) is 18.2 Å². The summed E-state index contributed by atoms with van der Waals surface area (Å²) in [6, 6.07) is 16.6. The Balaban J connectivity index is 1.75.